The summed E-state index contributed by atoms with van der Waals surface area (Å²) < 4.78 is 0. The van der Waals surface area contributed by atoms with Gasteiger partial charge in [-0.3, -0.25) is 4.79 Å². The predicted octanol–water partition coefficient (Wildman–Crippen LogP) is 1.86. The van der Waals surface area contributed by atoms with Crippen LogP contribution in [0, 0.1) is 5.41 Å². The lowest BCUT2D eigenvalue weighted by atomic mass is 10.1. The summed E-state index contributed by atoms with van der Waals surface area (Å²) in [6.07, 6.45) is 0.522. The molecular weight excluding hydrogens is 303 g/mol. The summed E-state index contributed by atoms with van der Waals surface area (Å²) in [6.45, 7) is 0.148. The molecular formula is C13H18Cl2N2O3. The Hall–Kier alpha value is -1.14. The van der Waals surface area contributed by atoms with Gasteiger partial charge in [-0.1, -0.05) is 29.3 Å². The van der Waals surface area contributed by atoms with Gasteiger partial charge >= 0.3 is 0 Å². The Kier molecular flexibility index (Phi) is 10.0. The Bertz CT molecular complexity index is 453. The number of aliphatic hydroxyl groups excluding tert-OH is 2. The number of hydrogen-bond acceptors (Lipinski definition) is 4. The molecule has 0 bridgehead atoms. The first-order chi connectivity index (χ1) is 9.54. The topological polar surface area (TPSA) is 93.4 Å². The molecule has 0 radical (unpaired) electrons. The number of nitrogens with one attached hydrogen (secondary N) is 2. The normalized spacial score (nSPS) is 9.45. The molecule has 1 aromatic rings. The summed E-state index contributed by atoms with van der Waals surface area (Å²) in [7, 11) is 1.00. The highest BCUT2D eigenvalue weighted by Crippen LogP contribution is 2.23. The van der Waals surface area contributed by atoms with E-state index in [1.54, 1.807) is 18.2 Å². The lowest BCUT2D eigenvalue weighted by molar-refractivity contribution is -0.121. The third kappa shape index (κ3) is 6.86. The first-order valence-corrected chi connectivity index (χ1v) is 6.65. The fraction of sp³-hybridized carbons (Fsp3) is 0.385. The number of halogens is 2. The van der Waals surface area contributed by atoms with Crippen LogP contribution in [0.25, 0.3) is 0 Å². The van der Waals surface area contributed by atoms with Gasteiger partial charge in [0.2, 0.25) is 5.91 Å². The van der Waals surface area contributed by atoms with Crippen molar-refractivity contribution >= 4 is 34.8 Å². The van der Waals surface area contributed by atoms with Gasteiger partial charge in [-0.25, -0.2) is 0 Å². The number of carbonyl (C=O) groups excluding carboxylic acids is 1. The standard InChI is InChI=1S/C12H14Cl2N2O2.CH4O/c13-9-2-1-8(7-10(9)14)11(15)3-4-12(18)16-5-6-17;1-2/h1-2,7,15,17H,3-6H2,(H,16,18);2H,1H3. The number of amides is 1. The van der Waals surface area contributed by atoms with Gasteiger partial charge in [-0.15, -0.1) is 0 Å². The Labute approximate surface area is 128 Å². The summed E-state index contributed by atoms with van der Waals surface area (Å²) in [6, 6.07) is 4.93. The molecule has 112 valence electrons. The van der Waals surface area contributed by atoms with Crippen molar-refractivity contribution < 1.29 is 15.0 Å². The second kappa shape index (κ2) is 10.6. The fourth-order valence-electron chi connectivity index (χ4n) is 1.35. The third-order valence-corrected chi connectivity index (χ3v) is 3.04. The molecule has 0 saturated carbocycles. The van der Waals surface area contributed by atoms with Crippen molar-refractivity contribution in [2.45, 2.75) is 12.8 Å². The predicted molar refractivity (Wildman–Crippen MR) is 80.8 cm³/mol. The van der Waals surface area contributed by atoms with Crippen LogP contribution in [0.4, 0.5) is 0 Å². The minimum absolute atomic E-state index is 0.0873. The summed E-state index contributed by atoms with van der Waals surface area (Å²) >= 11 is 11.6. The van der Waals surface area contributed by atoms with E-state index in [2.05, 4.69) is 5.32 Å². The monoisotopic (exact) mass is 320 g/mol. The van der Waals surface area contributed by atoms with Gasteiger partial charge in [0.25, 0.3) is 0 Å². The average Bonchev–Trinajstić information content (AvgIpc) is 2.47. The van der Waals surface area contributed by atoms with Gasteiger partial charge in [-0.05, 0) is 24.1 Å². The lowest BCUT2D eigenvalue weighted by Gasteiger charge is -2.06. The van der Waals surface area contributed by atoms with Crippen LogP contribution in [0.15, 0.2) is 18.2 Å². The molecule has 0 heterocycles. The molecule has 5 nitrogen and oxygen atoms in total. The van der Waals surface area contributed by atoms with Gasteiger partial charge in [-0.2, -0.15) is 0 Å². The maximum atomic E-state index is 11.3. The van der Waals surface area contributed by atoms with E-state index in [4.69, 9.17) is 38.8 Å². The SMILES string of the molecule is CO.N=C(CCC(=O)NCCO)c1ccc(Cl)c(Cl)c1. The van der Waals surface area contributed by atoms with Crippen LogP contribution < -0.4 is 5.32 Å². The average molecular weight is 321 g/mol. The Morgan fingerprint density at radius 2 is 1.90 bits per heavy atom. The van der Waals surface area contributed by atoms with Crippen LogP contribution in [0.1, 0.15) is 18.4 Å². The largest absolute Gasteiger partial charge is 0.400 e. The third-order valence-electron chi connectivity index (χ3n) is 2.30. The van der Waals surface area contributed by atoms with E-state index in [1.165, 1.54) is 0 Å². The molecule has 1 rings (SSSR count). The molecule has 20 heavy (non-hydrogen) atoms. The van der Waals surface area contributed by atoms with Crippen molar-refractivity contribution in [1.29, 1.82) is 5.41 Å². The quantitative estimate of drug-likeness (QED) is 0.603. The maximum absolute atomic E-state index is 11.3. The molecule has 0 aromatic heterocycles. The Morgan fingerprint density at radius 3 is 2.45 bits per heavy atom. The summed E-state index contributed by atoms with van der Waals surface area (Å²) in [5, 5.41) is 26.7. The van der Waals surface area contributed by atoms with E-state index >= 15 is 0 Å². The maximum Gasteiger partial charge on any atom is 0.220 e. The number of benzene rings is 1. The number of hydrogen-bond donors (Lipinski definition) is 4. The first kappa shape index (κ1) is 18.9. The fourth-order valence-corrected chi connectivity index (χ4v) is 1.65. The zero-order valence-electron chi connectivity index (χ0n) is 11.1. The molecule has 4 N–H and O–H groups in total. The molecule has 0 fully saturated rings. The van der Waals surface area contributed by atoms with Crippen molar-refractivity contribution in [3.63, 3.8) is 0 Å². The first-order valence-electron chi connectivity index (χ1n) is 5.89. The molecule has 0 aliphatic carbocycles. The highest BCUT2D eigenvalue weighted by Gasteiger charge is 2.07. The van der Waals surface area contributed by atoms with E-state index in [0.717, 1.165) is 7.11 Å². The van der Waals surface area contributed by atoms with Crippen LogP contribution >= 0.6 is 23.2 Å². The number of carbonyl (C=O) groups is 1. The van der Waals surface area contributed by atoms with Gasteiger partial charge in [0.05, 0.1) is 16.7 Å². The Morgan fingerprint density at radius 1 is 1.25 bits per heavy atom. The van der Waals surface area contributed by atoms with Gasteiger partial charge < -0.3 is 20.9 Å². The second-order valence-electron chi connectivity index (χ2n) is 3.68. The smallest absolute Gasteiger partial charge is 0.220 e. The zero-order chi connectivity index (χ0) is 15.5. The van der Waals surface area contributed by atoms with Crippen LogP contribution in [0.3, 0.4) is 0 Å². The number of aliphatic hydroxyl groups is 2. The molecule has 0 saturated heterocycles. The minimum Gasteiger partial charge on any atom is -0.400 e. The highest BCUT2D eigenvalue weighted by atomic mass is 35.5. The van der Waals surface area contributed by atoms with E-state index in [-0.39, 0.29) is 25.5 Å². The van der Waals surface area contributed by atoms with Crippen molar-refractivity contribution in [3.05, 3.63) is 33.8 Å². The van der Waals surface area contributed by atoms with Crippen LogP contribution in [-0.4, -0.2) is 42.1 Å². The van der Waals surface area contributed by atoms with Crippen molar-refractivity contribution in [2.24, 2.45) is 0 Å². The van der Waals surface area contributed by atoms with Gasteiger partial charge in [0.15, 0.2) is 0 Å². The molecule has 0 aliphatic heterocycles. The number of rotatable bonds is 6. The lowest BCUT2D eigenvalue weighted by Crippen LogP contribution is -2.26. The second-order valence-corrected chi connectivity index (χ2v) is 4.50. The van der Waals surface area contributed by atoms with Gasteiger partial charge in [0.1, 0.15) is 0 Å². The molecule has 0 atom stereocenters. The van der Waals surface area contributed by atoms with Gasteiger partial charge in [0, 0.05) is 25.8 Å². The molecule has 0 spiro atoms. The van der Waals surface area contributed by atoms with Crippen LogP contribution in [0.2, 0.25) is 10.0 Å². The molecule has 0 aliphatic rings. The summed E-state index contributed by atoms with van der Waals surface area (Å²) in [5.41, 5.74) is 0.979. The highest BCUT2D eigenvalue weighted by molar-refractivity contribution is 6.42. The summed E-state index contributed by atoms with van der Waals surface area (Å²) in [4.78, 5) is 11.3. The van der Waals surface area contributed by atoms with E-state index < -0.39 is 0 Å². The zero-order valence-corrected chi connectivity index (χ0v) is 12.6. The van der Waals surface area contributed by atoms with Crippen molar-refractivity contribution in [1.82, 2.24) is 5.32 Å². The van der Waals surface area contributed by atoms with E-state index in [1.807, 2.05) is 0 Å². The van der Waals surface area contributed by atoms with E-state index in [9.17, 15) is 4.79 Å². The van der Waals surface area contributed by atoms with Crippen molar-refractivity contribution in [2.75, 3.05) is 20.3 Å². The molecule has 1 aromatic carbocycles. The summed E-state index contributed by atoms with van der Waals surface area (Å²) in [5.74, 6) is -0.186. The molecule has 7 heteroatoms. The van der Waals surface area contributed by atoms with Crippen LogP contribution in [-0.2, 0) is 4.79 Å². The minimum atomic E-state index is -0.186. The van der Waals surface area contributed by atoms with Crippen molar-refractivity contribution in [3.8, 4) is 0 Å². The molecule has 1 amide bonds. The molecule has 0 unspecified atom stereocenters. The van der Waals surface area contributed by atoms with E-state index in [0.29, 0.717) is 27.7 Å². The Balaban J connectivity index is 0.00000172. The van der Waals surface area contributed by atoms with Crippen LogP contribution in [0.5, 0.6) is 0 Å².